The Morgan fingerprint density at radius 2 is 2.25 bits per heavy atom. The summed E-state index contributed by atoms with van der Waals surface area (Å²) in [6.45, 7) is 4.26. The first kappa shape index (κ1) is 15.9. The number of nitrogens with zero attached hydrogens (tertiary/aromatic N) is 3. The van der Waals surface area contributed by atoms with Crippen molar-refractivity contribution >= 4 is 11.7 Å². The van der Waals surface area contributed by atoms with Gasteiger partial charge in [-0.1, -0.05) is 24.6 Å². The molecular weight excluding hydrogens is 256 g/mol. The number of pyridine rings is 1. The maximum absolute atomic E-state index is 12.3. The lowest BCUT2D eigenvalue weighted by atomic mass is 10.0. The number of oxime groups is 1. The van der Waals surface area contributed by atoms with Crippen LogP contribution >= 0.6 is 0 Å². The average Bonchev–Trinajstić information content (AvgIpc) is 2.43. The largest absolute Gasteiger partial charge is 0.409 e. The van der Waals surface area contributed by atoms with Gasteiger partial charge in [0.25, 0.3) is 0 Å². The number of hydrogen-bond acceptors (Lipinski definition) is 4. The molecule has 6 heteroatoms. The van der Waals surface area contributed by atoms with Gasteiger partial charge in [0.15, 0.2) is 5.84 Å². The minimum absolute atomic E-state index is 0.0408. The van der Waals surface area contributed by atoms with Crippen molar-refractivity contribution < 1.29 is 10.0 Å². The molecule has 0 aliphatic heterocycles. The van der Waals surface area contributed by atoms with Gasteiger partial charge in [0.1, 0.15) is 0 Å². The van der Waals surface area contributed by atoms with E-state index in [1.807, 2.05) is 32.0 Å². The van der Waals surface area contributed by atoms with Gasteiger partial charge >= 0.3 is 0 Å². The third-order valence-electron chi connectivity index (χ3n) is 3.07. The molecule has 110 valence electrons. The van der Waals surface area contributed by atoms with Gasteiger partial charge in [-0.2, -0.15) is 0 Å². The molecule has 20 heavy (non-hydrogen) atoms. The number of amides is 1. The van der Waals surface area contributed by atoms with Gasteiger partial charge in [-0.25, -0.2) is 0 Å². The molecule has 1 heterocycles. The maximum Gasteiger partial charge on any atom is 0.233 e. The number of carbonyl (C=O) groups excluding carboxylic acids is 1. The summed E-state index contributed by atoms with van der Waals surface area (Å²) in [5.41, 5.74) is 7.32. The smallest absolute Gasteiger partial charge is 0.233 e. The van der Waals surface area contributed by atoms with Crippen molar-refractivity contribution in [3.05, 3.63) is 29.6 Å². The first-order valence-electron chi connectivity index (χ1n) is 6.64. The number of rotatable bonds is 6. The molecule has 0 saturated heterocycles. The second-order valence-corrected chi connectivity index (χ2v) is 4.83. The van der Waals surface area contributed by atoms with Crippen molar-refractivity contribution in [2.24, 2.45) is 16.8 Å². The van der Waals surface area contributed by atoms with Crippen molar-refractivity contribution in [3.8, 4) is 0 Å². The lowest BCUT2D eigenvalue weighted by Crippen LogP contribution is -2.39. The lowest BCUT2D eigenvalue weighted by molar-refractivity contribution is -0.132. The Hall–Kier alpha value is -2.11. The zero-order valence-electron chi connectivity index (χ0n) is 12.2. The zero-order valence-corrected chi connectivity index (χ0v) is 12.2. The molecule has 0 spiro atoms. The molecule has 0 saturated carbocycles. The number of hydrogen-bond donors (Lipinski definition) is 2. The third-order valence-corrected chi connectivity index (χ3v) is 3.07. The molecule has 0 radical (unpaired) electrons. The molecule has 0 fully saturated rings. The Bertz CT molecular complexity index is 488. The monoisotopic (exact) mass is 278 g/mol. The fourth-order valence-corrected chi connectivity index (χ4v) is 2.03. The van der Waals surface area contributed by atoms with Gasteiger partial charge in [-0.15, -0.1) is 0 Å². The van der Waals surface area contributed by atoms with Crippen molar-refractivity contribution in [2.75, 3.05) is 7.05 Å². The van der Waals surface area contributed by atoms with Crippen LogP contribution in [0.15, 0.2) is 23.4 Å². The van der Waals surface area contributed by atoms with Crippen LogP contribution in [0.25, 0.3) is 0 Å². The fourth-order valence-electron chi connectivity index (χ4n) is 2.03. The van der Waals surface area contributed by atoms with E-state index in [0.29, 0.717) is 13.0 Å². The molecule has 1 aromatic heterocycles. The molecule has 1 rings (SSSR count). The van der Waals surface area contributed by atoms with E-state index in [4.69, 9.17) is 10.9 Å². The Morgan fingerprint density at radius 3 is 2.80 bits per heavy atom. The summed E-state index contributed by atoms with van der Waals surface area (Å²) in [5, 5.41) is 11.7. The summed E-state index contributed by atoms with van der Waals surface area (Å²) in [5.74, 6) is -0.786. The average molecular weight is 278 g/mol. The molecule has 0 aromatic carbocycles. The predicted octanol–water partition coefficient (Wildman–Crippen LogP) is 1.51. The van der Waals surface area contributed by atoms with Gasteiger partial charge < -0.3 is 15.8 Å². The van der Waals surface area contributed by atoms with Crippen molar-refractivity contribution in [3.63, 3.8) is 0 Å². The van der Waals surface area contributed by atoms with E-state index < -0.39 is 5.92 Å². The van der Waals surface area contributed by atoms with Crippen molar-refractivity contribution in [2.45, 2.75) is 33.2 Å². The van der Waals surface area contributed by atoms with Crippen molar-refractivity contribution in [1.82, 2.24) is 9.88 Å². The topological polar surface area (TPSA) is 91.8 Å². The molecule has 1 amide bonds. The first-order valence-corrected chi connectivity index (χ1v) is 6.64. The second kappa shape index (κ2) is 7.47. The van der Waals surface area contributed by atoms with Gasteiger partial charge in [-0.05, 0) is 25.5 Å². The molecule has 0 aliphatic rings. The Balaban J connectivity index is 2.79. The fraction of sp³-hybridized carbons (Fsp3) is 0.500. The van der Waals surface area contributed by atoms with E-state index in [-0.39, 0.29) is 11.7 Å². The Kier molecular flexibility index (Phi) is 5.96. The summed E-state index contributed by atoms with van der Waals surface area (Å²) in [6, 6.07) is 5.68. The summed E-state index contributed by atoms with van der Waals surface area (Å²) in [6.07, 6.45) is 1.34. The van der Waals surface area contributed by atoms with E-state index in [1.54, 1.807) is 11.9 Å². The van der Waals surface area contributed by atoms with Crippen LogP contribution in [0.2, 0.25) is 0 Å². The van der Waals surface area contributed by atoms with Gasteiger partial charge in [-0.3, -0.25) is 9.78 Å². The Labute approximate surface area is 119 Å². The van der Waals surface area contributed by atoms with Crippen LogP contribution in [-0.4, -0.2) is 33.9 Å². The molecule has 1 unspecified atom stereocenters. The molecule has 0 bridgehead atoms. The summed E-state index contributed by atoms with van der Waals surface area (Å²) < 4.78 is 0. The van der Waals surface area contributed by atoms with Crippen LogP contribution in [0.4, 0.5) is 0 Å². The van der Waals surface area contributed by atoms with Gasteiger partial charge in [0.2, 0.25) is 5.91 Å². The highest BCUT2D eigenvalue weighted by Gasteiger charge is 2.25. The minimum atomic E-state index is -0.584. The van der Waals surface area contributed by atoms with Crippen LogP contribution in [0.1, 0.15) is 31.2 Å². The SMILES string of the molecule is CCCC(C(=O)N(C)Cc1cccc(C)n1)/C(N)=N/O. The normalized spacial score (nSPS) is 13.1. The van der Waals surface area contributed by atoms with Crippen LogP contribution in [0.3, 0.4) is 0 Å². The second-order valence-electron chi connectivity index (χ2n) is 4.83. The molecular formula is C14H22N4O2. The summed E-state index contributed by atoms with van der Waals surface area (Å²) in [7, 11) is 1.69. The van der Waals surface area contributed by atoms with E-state index in [0.717, 1.165) is 17.8 Å². The van der Waals surface area contributed by atoms with Gasteiger partial charge in [0.05, 0.1) is 18.2 Å². The van der Waals surface area contributed by atoms with Crippen LogP contribution in [-0.2, 0) is 11.3 Å². The van der Waals surface area contributed by atoms with Crippen LogP contribution in [0, 0.1) is 12.8 Å². The highest BCUT2D eigenvalue weighted by atomic mass is 16.4. The van der Waals surface area contributed by atoms with E-state index in [9.17, 15) is 4.79 Å². The van der Waals surface area contributed by atoms with E-state index in [1.165, 1.54) is 0 Å². The lowest BCUT2D eigenvalue weighted by Gasteiger charge is -2.22. The third kappa shape index (κ3) is 4.22. The number of carbonyl (C=O) groups is 1. The first-order chi connectivity index (χ1) is 9.49. The Morgan fingerprint density at radius 1 is 1.55 bits per heavy atom. The highest BCUT2D eigenvalue weighted by molar-refractivity contribution is 6.01. The number of amidine groups is 1. The number of nitrogens with two attached hydrogens (primary N) is 1. The molecule has 1 aromatic rings. The van der Waals surface area contributed by atoms with Crippen molar-refractivity contribution in [1.29, 1.82) is 0 Å². The number of aryl methyl sites for hydroxylation is 1. The number of aromatic nitrogens is 1. The van der Waals surface area contributed by atoms with Gasteiger partial charge in [0, 0.05) is 12.7 Å². The highest BCUT2D eigenvalue weighted by Crippen LogP contribution is 2.12. The van der Waals surface area contributed by atoms with E-state index >= 15 is 0 Å². The van der Waals surface area contributed by atoms with Crippen LogP contribution in [0.5, 0.6) is 0 Å². The molecule has 3 N–H and O–H groups in total. The molecule has 0 aliphatic carbocycles. The zero-order chi connectivity index (χ0) is 15.1. The standard InChI is InChI=1S/C14H22N4O2/c1-4-6-12(13(15)17-20)14(19)18(3)9-11-8-5-7-10(2)16-11/h5,7-8,12,20H,4,6,9H2,1-3H3,(H2,15,17). The minimum Gasteiger partial charge on any atom is -0.409 e. The van der Waals surface area contributed by atoms with E-state index in [2.05, 4.69) is 10.1 Å². The predicted molar refractivity (Wildman–Crippen MR) is 77.3 cm³/mol. The van der Waals surface area contributed by atoms with Crippen LogP contribution < -0.4 is 5.73 Å². The summed E-state index contributed by atoms with van der Waals surface area (Å²) in [4.78, 5) is 18.3. The summed E-state index contributed by atoms with van der Waals surface area (Å²) >= 11 is 0. The molecule has 6 nitrogen and oxygen atoms in total. The maximum atomic E-state index is 12.3. The quantitative estimate of drug-likeness (QED) is 0.357. The molecule has 1 atom stereocenters.